The maximum atomic E-state index is 12.4. The first-order valence-electron chi connectivity index (χ1n) is 8.34. The molecule has 0 spiro atoms. The fourth-order valence-corrected chi connectivity index (χ4v) is 2.72. The Balaban J connectivity index is 1.58. The number of benzene rings is 1. The molecule has 128 valence electrons. The van der Waals surface area contributed by atoms with Gasteiger partial charge in [0.15, 0.2) is 5.82 Å². The first-order chi connectivity index (χ1) is 11.7. The number of nitrogens with zero attached hydrogens (tertiary/aromatic N) is 4. The number of urea groups is 1. The van der Waals surface area contributed by atoms with E-state index in [4.69, 9.17) is 4.52 Å². The summed E-state index contributed by atoms with van der Waals surface area (Å²) in [6.07, 6.45) is 0. The number of hydrogen-bond acceptors (Lipinski definition) is 5. The Morgan fingerprint density at radius 3 is 2.62 bits per heavy atom. The molecule has 0 radical (unpaired) electrons. The summed E-state index contributed by atoms with van der Waals surface area (Å²) in [6, 6.07) is 9.21. The van der Waals surface area contributed by atoms with Crippen molar-refractivity contribution in [2.24, 2.45) is 0 Å². The summed E-state index contributed by atoms with van der Waals surface area (Å²) in [7, 11) is 0. The zero-order valence-electron chi connectivity index (χ0n) is 14.1. The van der Waals surface area contributed by atoms with Crippen LogP contribution in [0.3, 0.4) is 0 Å². The third-order valence-electron chi connectivity index (χ3n) is 4.30. The molecular weight excluding hydrogens is 306 g/mol. The Morgan fingerprint density at radius 1 is 1.25 bits per heavy atom. The number of hydrogen-bond donors (Lipinski definition) is 1. The predicted molar refractivity (Wildman–Crippen MR) is 90.4 cm³/mol. The van der Waals surface area contributed by atoms with Crippen molar-refractivity contribution in [3.63, 3.8) is 0 Å². The van der Waals surface area contributed by atoms with Crippen molar-refractivity contribution >= 4 is 6.03 Å². The smallest absolute Gasteiger partial charge is 0.318 e. The molecule has 1 aromatic heterocycles. The molecule has 0 bridgehead atoms. The van der Waals surface area contributed by atoms with E-state index >= 15 is 0 Å². The monoisotopic (exact) mass is 329 g/mol. The second-order valence-corrected chi connectivity index (χ2v) is 5.92. The molecule has 1 N–H and O–H groups in total. The van der Waals surface area contributed by atoms with Crippen LogP contribution >= 0.6 is 0 Å². The molecule has 3 rings (SSSR count). The predicted octanol–water partition coefficient (Wildman–Crippen LogP) is 2.14. The molecular formula is C17H23N5O2. The van der Waals surface area contributed by atoms with Gasteiger partial charge in [0.05, 0.1) is 6.04 Å². The first kappa shape index (κ1) is 16.4. The fourth-order valence-electron chi connectivity index (χ4n) is 2.72. The average Bonchev–Trinajstić information content (AvgIpc) is 3.13. The zero-order chi connectivity index (χ0) is 16.9. The van der Waals surface area contributed by atoms with Crippen molar-refractivity contribution in [3.8, 4) is 11.5 Å². The number of nitrogens with one attached hydrogen (secondary N) is 1. The summed E-state index contributed by atoms with van der Waals surface area (Å²) in [4.78, 5) is 20.9. The Morgan fingerprint density at radius 2 is 1.96 bits per heavy atom. The molecule has 1 aliphatic rings. The van der Waals surface area contributed by atoms with Crippen LogP contribution in [-0.4, -0.2) is 58.7 Å². The minimum absolute atomic E-state index is 0.0793. The van der Waals surface area contributed by atoms with Crippen LogP contribution in [0.2, 0.25) is 0 Å². The number of carbonyl (C=O) groups is 1. The van der Waals surface area contributed by atoms with Gasteiger partial charge >= 0.3 is 6.03 Å². The van der Waals surface area contributed by atoms with Gasteiger partial charge in [-0.25, -0.2) is 4.79 Å². The summed E-state index contributed by atoms with van der Waals surface area (Å²) >= 11 is 0. The fraction of sp³-hybridized carbons (Fsp3) is 0.471. The van der Waals surface area contributed by atoms with E-state index in [1.807, 2.05) is 42.2 Å². The quantitative estimate of drug-likeness (QED) is 0.930. The Hall–Kier alpha value is -2.41. The van der Waals surface area contributed by atoms with Crippen molar-refractivity contribution in [1.29, 1.82) is 0 Å². The number of likely N-dealkylation sites (N-methyl/N-ethyl adjacent to an activating group) is 1. The lowest BCUT2D eigenvalue weighted by Gasteiger charge is -2.34. The molecule has 7 heteroatoms. The van der Waals surface area contributed by atoms with Gasteiger partial charge < -0.3 is 19.6 Å². The second kappa shape index (κ2) is 7.44. The van der Waals surface area contributed by atoms with Crippen LogP contribution in [0, 0.1) is 0 Å². The van der Waals surface area contributed by atoms with Gasteiger partial charge in [0.1, 0.15) is 0 Å². The molecule has 24 heavy (non-hydrogen) atoms. The van der Waals surface area contributed by atoms with Crippen molar-refractivity contribution in [2.45, 2.75) is 19.9 Å². The molecule has 1 aromatic carbocycles. The van der Waals surface area contributed by atoms with Gasteiger partial charge in [-0.3, -0.25) is 0 Å². The van der Waals surface area contributed by atoms with Gasteiger partial charge in [0, 0.05) is 31.7 Å². The average molecular weight is 329 g/mol. The minimum atomic E-state index is -0.303. The molecule has 2 aromatic rings. The van der Waals surface area contributed by atoms with E-state index in [1.165, 1.54) is 0 Å². The van der Waals surface area contributed by atoms with Crippen molar-refractivity contribution in [2.75, 3.05) is 32.7 Å². The third-order valence-corrected chi connectivity index (χ3v) is 4.30. The molecule has 2 heterocycles. The van der Waals surface area contributed by atoms with E-state index in [-0.39, 0.29) is 12.1 Å². The van der Waals surface area contributed by atoms with Crippen LogP contribution in [0.25, 0.3) is 11.5 Å². The van der Waals surface area contributed by atoms with E-state index in [9.17, 15) is 4.79 Å². The summed E-state index contributed by atoms with van der Waals surface area (Å²) < 4.78 is 5.29. The summed E-state index contributed by atoms with van der Waals surface area (Å²) in [5.41, 5.74) is 0.866. The zero-order valence-corrected chi connectivity index (χ0v) is 14.1. The molecule has 7 nitrogen and oxygen atoms in total. The highest BCUT2D eigenvalue weighted by Gasteiger charge is 2.23. The molecule has 2 amide bonds. The van der Waals surface area contributed by atoms with E-state index < -0.39 is 0 Å². The number of carbonyl (C=O) groups excluding carboxylic acids is 1. The highest BCUT2D eigenvalue weighted by molar-refractivity contribution is 5.74. The highest BCUT2D eigenvalue weighted by atomic mass is 16.5. The van der Waals surface area contributed by atoms with E-state index in [0.717, 1.165) is 38.3 Å². The lowest BCUT2D eigenvalue weighted by atomic mass is 10.2. The molecule has 1 saturated heterocycles. The molecule has 0 aliphatic carbocycles. The minimum Gasteiger partial charge on any atom is -0.334 e. The van der Waals surface area contributed by atoms with Crippen LogP contribution in [0.5, 0.6) is 0 Å². The third kappa shape index (κ3) is 3.73. The lowest BCUT2D eigenvalue weighted by molar-refractivity contribution is 0.141. The standard InChI is InChI=1S/C17H23N5O2/c1-3-21-9-11-22(12-10-21)17(23)18-13(2)15-19-16(24-20-15)14-7-5-4-6-8-14/h4-8,13H,3,9-12H2,1-2H3,(H,18,23)/t13-/m1/s1. The maximum Gasteiger partial charge on any atom is 0.318 e. The molecule has 1 aliphatic heterocycles. The van der Waals surface area contributed by atoms with Crippen LogP contribution < -0.4 is 5.32 Å². The van der Waals surface area contributed by atoms with E-state index in [1.54, 1.807) is 0 Å². The van der Waals surface area contributed by atoms with Gasteiger partial charge in [-0.05, 0) is 25.6 Å². The maximum absolute atomic E-state index is 12.4. The largest absolute Gasteiger partial charge is 0.334 e. The number of aromatic nitrogens is 2. The molecule has 1 atom stereocenters. The van der Waals surface area contributed by atoms with Gasteiger partial charge in [-0.2, -0.15) is 4.98 Å². The second-order valence-electron chi connectivity index (χ2n) is 5.92. The van der Waals surface area contributed by atoms with Gasteiger partial charge in [0.25, 0.3) is 5.89 Å². The number of piperazine rings is 1. The van der Waals surface area contributed by atoms with E-state index in [0.29, 0.717) is 11.7 Å². The Kier molecular flexibility index (Phi) is 5.10. The van der Waals surface area contributed by atoms with Gasteiger partial charge in [-0.1, -0.05) is 30.3 Å². The normalized spacial score (nSPS) is 16.8. The van der Waals surface area contributed by atoms with Gasteiger partial charge in [0.2, 0.25) is 0 Å². The van der Waals surface area contributed by atoms with Crippen molar-refractivity contribution in [3.05, 3.63) is 36.2 Å². The Labute approximate surface area is 141 Å². The molecule has 1 fully saturated rings. The SMILES string of the molecule is CCN1CCN(C(=O)N[C@H](C)c2noc(-c3ccccc3)n2)CC1. The van der Waals surface area contributed by atoms with Crippen molar-refractivity contribution < 1.29 is 9.32 Å². The summed E-state index contributed by atoms with van der Waals surface area (Å²) in [5, 5.41) is 6.94. The number of rotatable bonds is 4. The van der Waals surface area contributed by atoms with Crippen LogP contribution in [-0.2, 0) is 0 Å². The van der Waals surface area contributed by atoms with E-state index in [2.05, 4.69) is 27.3 Å². The molecule has 0 saturated carbocycles. The number of amides is 2. The molecule has 0 unspecified atom stereocenters. The highest BCUT2D eigenvalue weighted by Crippen LogP contribution is 2.18. The Bertz CT molecular complexity index is 665. The van der Waals surface area contributed by atoms with Crippen LogP contribution in [0.4, 0.5) is 4.79 Å². The topological polar surface area (TPSA) is 74.5 Å². The van der Waals surface area contributed by atoms with Crippen LogP contribution in [0.15, 0.2) is 34.9 Å². The summed E-state index contributed by atoms with van der Waals surface area (Å²) in [6.45, 7) is 8.34. The summed E-state index contributed by atoms with van der Waals surface area (Å²) in [5.74, 6) is 0.942. The van der Waals surface area contributed by atoms with Crippen molar-refractivity contribution in [1.82, 2.24) is 25.3 Å². The van der Waals surface area contributed by atoms with Crippen LogP contribution in [0.1, 0.15) is 25.7 Å². The first-order valence-corrected chi connectivity index (χ1v) is 8.34. The lowest BCUT2D eigenvalue weighted by Crippen LogP contribution is -2.52. The van der Waals surface area contributed by atoms with Gasteiger partial charge in [-0.15, -0.1) is 0 Å².